The van der Waals surface area contributed by atoms with Crippen LogP contribution in [0.1, 0.15) is 30.9 Å². The van der Waals surface area contributed by atoms with Gasteiger partial charge in [0.05, 0.1) is 0 Å². The van der Waals surface area contributed by atoms with Crippen LogP contribution in [0.25, 0.3) is 0 Å². The maximum atomic E-state index is 5.42. The van der Waals surface area contributed by atoms with E-state index < -0.39 is 0 Å². The van der Waals surface area contributed by atoms with Crippen molar-refractivity contribution in [3.63, 3.8) is 0 Å². The van der Waals surface area contributed by atoms with Gasteiger partial charge in [-0.25, -0.2) is 0 Å². The van der Waals surface area contributed by atoms with Gasteiger partial charge in [0, 0.05) is 13.2 Å². The van der Waals surface area contributed by atoms with Gasteiger partial charge in [0.1, 0.15) is 0 Å². The molecule has 1 N–H and O–H groups in total. The summed E-state index contributed by atoms with van der Waals surface area (Å²) in [5.41, 5.74) is 2.89. The van der Waals surface area contributed by atoms with Crippen molar-refractivity contribution in [1.29, 1.82) is 0 Å². The fourth-order valence-corrected chi connectivity index (χ4v) is 2.33. The van der Waals surface area contributed by atoms with Crippen LogP contribution in [0, 0.1) is 12.8 Å². The van der Waals surface area contributed by atoms with Crippen LogP contribution in [-0.4, -0.2) is 26.8 Å². The minimum Gasteiger partial charge on any atom is -0.382 e. The second-order valence-corrected chi connectivity index (χ2v) is 4.89. The lowest BCUT2D eigenvalue weighted by molar-refractivity contribution is 0.139. The van der Waals surface area contributed by atoms with Crippen molar-refractivity contribution in [2.24, 2.45) is 5.92 Å². The lowest BCUT2D eigenvalue weighted by Crippen LogP contribution is -2.21. The molecule has 2 nitrogen and oxygen atoms in total. The summed E-state index contributed by atoms with van der Waals surface area (Å²) in [5.74, 6) is 0.705. The van der Waals surface area contributed by atoms with Crippen molar-refractivity contribution in [2.45, 2.75) is 33.1 Å². The SMILES string of the molecule is CCOCCCC(CNC)Cc1ccccc1C. The average molecular weight is 249 g/mol. The first-order chi connectivity index (χ1) is 8.77. The third-order valence-corrected chi connectivity index (χ3v) is 3.37. The fraction of sp³-hybridized carbons (Fsp3) is 0.625. The van der Waals surface area contributed by atoms with Gasteiger partial charge < -0.3 is 10.1 Å². The van der Waals surface area contributed by atoms with Crippen LogP contribution in [0.5, 0.6) is 0 Å². The number of nitrogens with one attached hydrogen (secondary N) is 1. The molecule has 0 aromatic heterocycles. The number of aryl methyl sites for hydroxylation is 1. The van der Waals surface area contributed by atoms with E-state index >= 15 is 0 Å². The quantitative estimate of drug-likeness (QED) is 0.679. The average Bonchev–Trinajstić information content (AvgIpc) is 2.37. The Kier molecular flexibility index (Phi) is 7.70. The van der Waals surface area contributed by atoms with Crippen LogP contribution in [0.4, 0.5) is 0 Å². The topological polar surface area (TPSA) is 21.3 Å². The number of benzene rings is 1. The van der Waals surface area contributed by atoms with Crippen LogP contribution in [0.2, 0.25) is 0 Å². The molecule has 102 valence electrons. The zero-order chi connectivity index (χ0) is 13.2. The molecule has 0 amide bonds. The second-order valence-electron chi connectivity index (χ2n) is 4.89. The maximum absolute atomic E-state index is 5.42. The highest BCUT2D eigenvalue weighted by Crippen LogP contribution is 2.16. The Morgan fingerprint density at radius 2 is 2.06 bits per heavy atom. The molecule has 18 heavy (non-hydrogen) atoms. The third kappa shape index (κ3) is 5.65. The van der Waals surface area contributed by atoms with Crippen LogP contribution in [0.15, 0.2) is 24.3 Å². The molecular formula is C16H27NO. The standard InChI is InChI=1S/C16H27NO/c1-4-18-11-7-9-15(13-17-3)12-16-10-6-5-8-14(16)2/h5-6,8,10,15,17H,4,7,9,11-13H2,1-3H3. The van der Waals surface area contributed by atoms with Gasteiger partial charge in [0.25, 0.3) is 0 Å². The summed E-state index contributed by atoms with van der Waals surface area (Å²) in [5, 5.41) is 3.31. The van der Waals surface area contributed by atoms with E-state index in [1.807, 2.05) is 7.05 Å². The Balaban J connectivity index is 2.44. The first-order valence-electron chi connectivity index (χ1n) is 7.04. The number of rotatable bonds is 9. The molecule has 0 aliphatic rings. The number of hydrogen-bond donors (Lipinski definition) is 1. The molecule has 2 heteroatoms. The van der Waals surface area contributed by atoms with Gasteiger partial charge in [-0.15, -0.1) is 0 Å². The zero-order valence-electron chi connectivity index (χ0n) is 12.0. The summed E-state index contributed by atoms with van der Waals surface area (Å²) in [6.45, 7) is 7.06. The van der Waals surface area contributed by atoms with Crippen LogP contribution >= 0.6 is 0 Å². The van der Waals surface area contributed by atoms with Gasteiger partial charge >= 0.3 is 0 Å². The van der Waals surface area contributed by atoms with E-state index in [0.29, 0.717) is 5.92 Å². The summed E-state index contributed by atoms with van der Waals surface area (Å²) < 4.78 is 5.42. The van der Waals surface area contributed by atoms with Gasteiger partial charge in [-0.1, -0.05) is 24.3 Å². The van der Waals surface area contributed by atoms with E-state index in [9.17, 15) is 0 Å². The number of hydrogen-bond acceptors (Lipinski definition) is 2. The summed E-state index contributed by atoms with van der Waals surface area (Å²) in [6, 6.07) is 8.70. The van der Waals surface area contributed by atoms with Crippen molar-refractivity contribution in [2.75, 3.05) is 26.8 Å². The highest BCUT2D eigenvalue weighted by Gasteiger charge is 2.10. The molecular weight excluding hydrogens is 222 g/mol. The Morgan fingerprint density at radius 3 is 2.72 bits per heavy atom. The van der Waals surface area contributed by atoms with Gasteiger partial charge in [-0.3, -0.25) is 0 Å². The number of ether oxygens (including phenoxy) is 1. The summed E-state index contributed by atoms with van der Waals surface area (Å²) >= 11 is 0. The second kappa shape index (κ2) is 9.12. The van der Waals surface area contributed by atoms with Crippen molar-refractivity contribution in [3.05, 3.63) is 35.4 Å². The Bertz CT molecular complexity index is 325. The van der Waals surface area contributed by atoms with Crippen molar-refractivity contribution in [3.8, 4) is 0 Å². The minimum absolute atomic E-state index is 0.705. The molecule has 0 saturated heterocycles. The molecule has 1 aromatic carbocycles. The van der Waals surface area contributed by atoms with E-state index in [2.05, 4.69) is 43.4 Å². The summed E-state index contributed by atoms with van der Waals surface area (Å²) in [6.07, 6.45) is 3.56. The van der Waals surface area contributed by atoms with Crippen molar-refractivity contribution < 1.29 is 4.74 Å². The van der Waals surface area contributed by atoms with Crippen LogP contribution < -0.4 is 5.32 Å². The lowest BCUT2D eigenvalue weighted by atomic mass is 9.92. The Hall–Kier alpha value is -0.860. The van der Waals surface area contributed by atoms with Crippen LogP contribution in [-0.2, 0) is 11.2 Å². The fourth-order valence-electron chi connectivity index (χ4n) is 2.33. The molecule has 1 aromatic rings. The zero-order valence-corrected chi connectivity index (χ0v) is 12.0. The Morgan fingerprint density at radius 1 is 1.28 bits per heavy atom. The summed E-state index contributed by atoms with van der Waals surface area (Å²) in [4.78, 5) is 0. The smallest absolute Gasteiger partial charge is 0.0466 e. The normalized spacial score (nSPS) is 12.6. The van der Waals surface area contributed by atoms with E-state index in [4.69, 9.17) is 4.74 Å². The molecule has 0 bridgehead atoms. The van der Waals surface area contributed by atoms with E-state index in [0.717, 1.165) is 26.2 Å². The molecule has 0 aliphatic heterocycles. The molecule has 1 atom stereocenters. The Labute approximate surface area is 112 Å². The molecule has 0 aliphatic carbocycles. The molecule has 0 heterocycles. The molecule has 0 radical (unpaired) electrons. The molecule has 1 unspecified atom stereocenters. The van der Waals surface area contributed by atoms with Gasteiger partial charge in [0.15, 0.2) is 0 Å². The van der Waals surface area contributed by atoms with Gasteiger partial charge in [0.2, 0.25) is 0 Å². The predicted octanol–water partition coefficient (Wildman–Crippen LogP) is 3.19. The largest absolute Gasteiger partial charge is 0.382 e. The highest BCUT2D eigenvalue weighted by molar-refractivity contribution is 5.25. The van der Waals surface area contributed by atoms with Crippen molar-refractivity contribution >= 4 is 0 Å². The molecule has 0 spiro atoms. The molecule has 0 saturated carbocycles. The predicted molar refractivity (Wildman–Crippen MR) is 78.0 cm³/mol. The maximum Gasteiger partial charge on any atom is 0.0466 e. The van der Waals surface area contributed by atoms with E-state index in [-0.39, 0.29) is 0 Å². The molecule has 0 fully saturated rings. The molecule has 1 rings (SSSR count). The third-order valence-electron chi connectivity index (χ3n) is 3.37. The highest BCUT2D eigenvalue weighted by atomic mass is 16.5. The van der Waals surface area contributed by atoms with Crippen LogP contribution in [0.3, 0.4) is 0 Å². The van der Waals surface area contributed by atoms with Gasteiger partial charge in [-0.05, 0) is 63.7 Å². The first-order valence-corrected chi connectivity index (χ1v) is 7.04. The van der Waals surface area contributed by atoms with E-state index in [1.54, 1.807) is 0 Å². The van der Waals surface area contributed by atoms with Gasteiger partial charge in [-0.2, -0.15) is 0 Å². The lowest BCUT2D eigenvalue weighted by Gasteiger charge is -2.17. The monoisotopic (exact) mass is 249 g/mol. The minimum atomic E-state index is 0.705. The first kappa shape index (κ1) is 15.2. The van der Waals surface area contributed by atoms with E-state index in [1.165, 1.54) is 24.0 Å². The summed E-state index contributed by atoms with van der Waals surface area (Å²) in [7, 11) is 2.04. The van der Waals surface area contributed by atoms with Crippen molar-refractivity contribution in [1.82, 2.24) is 5.32 Å².